The van der Waals surface area contributed by atoms with Crippen molar-refractivity contribution in [1.82, 2.24) is 19.4 Å². The average Bonchev–Trinajstić information content (AvgIpc) is 2.99. The number of carbonyl (C=O) groups is 1. The van der Waals surface area contributed by atoms with E-state index in [1.165, 1.54) is 12.8 Å². The Hall–Kier alpha value is -2.37. The highest BCUT2D eigenvalue weighted by atomic mass is 16.2. The quantitative estimate of drug-likeness (QED) is 0.879. The molecule has 6 nitrogen and oxygen atoms in total. The molecule has 0 bridgehead atoms. The Morgan fingerprint density at radius 2 is 2.04 bits per heavy atom. The van der Waals surface area contributed by atoms with Gasteiger partial charge in [-0.2, -0.15) is 0 Å². The fraction of sp³-hybridized carbons (Fsp3) is 0.526. The number of anilines is 1. The van der Waals surface area contributed by atoms with Crippen LogP contribution < -0.4 is 5.32 Å². The monoisotopic (exact) mass is 339 g/mol. The second kappa shape index (κ2) is 6.50. The fourth-order valence-corrected chi connectivity index (χ4v) is 3.54. The van der Waals surface area contributed by atoms with Crippen LogP contribution >= 0.6 is 0 Å². The maximum atomic E-state index is 12.5. The maximum absolute atomic E-state index is 12.5. The first-order valence-corrected chi connectivity index (χ1v) is 9.12. The molecule has 0 spiro atoms. The molecule has 0 aromatic carbocycles. The van der Waals surface area contributed by atoms with Gasteiger partial charge >= 0.3 is 0 Å². The second-order valence-electron chi connectivity index (χ2n) is 7.38. The van der Waals surface area contributed by atoms with Crippen molar-refractivity contribution < 1.29 is 4.79 Å². The van der Waals surface area contributed by atoms with Crippen molar-refractivity contribution in [1.29, 1.82) is 0 Å². The molecule has 1 saturated heterocycles. The van der Waals surface area contributed by atoms with Crippen LogP contribution in [0.5, 0.6) is 0 Å². The van der Waals surface area contributed by atoms with E-state index in [1.54, 1.807) is 6.20 Å². The highest BCUT2D eigenvalue weighted by Crippen LogP contribution is 2.47. The van der Waals surface area contributed by atoms with E-state index in [2.05, 4.69) is 19.9 Å². The lowest BCUT2D eigenvalue weighted by molar-refractivity contribution is 0.0793. The highest BCUT2D eigenvalue weighted by Gasteiger charge is 2.43. The largest absolute Gasteiger partial charge is 0.369 e. The van der Waals surface area contributed by atoms with E-state index in [0.29, 0.717) is 0 Å². The highest BCUT2D eigenvalue weighted by molar-refractivity contribution is 5.95. The van der Waals surface area contributed by atoms with Gasteiger partial charge in [-0.25, -0.2) is 9.97 Å². The van der Waals surface area contributed by atoms with Gasteiger partial charge in [-0.3, -0.25) is 4.79 Å². The van der Waals surface area contributed by atoms with E-state index in [0.717, 1.165) is 56.2 Å². The van der Waals surface area contributed by atoms with Crippen LogP contribution in [-0.4, -0.2) is 45.0 Å². The van der Waals surface area contributed by atoms with Gasteiger partial charge in [0, 0.05) is 55.7 Å². The van der Waals surface area contributed by atoms with Crippen molar-refractivity contribution in [2.45, 2.75) is 39.2 Å². The Balaban J connectivity index is 1.39. The maximum Gasteiger partial charge on any atom is 0.254 e. The van der Waals surface area contributed by atoms with Crippen LogP contribution in [0.3, 0.4) is 0 Å². The summed E-state index contributed by atoms with van der Waals surface area (Å²) in [4.78, 5) is 23.2. The van der Waals surface area contributed by atoms with Crippen LogP contribution in [0, 0.1) is 12.3 Å². The number of hydrogen-bond donors (Lipinski definition) is 1. The van der Waals surface area contributed by atoms with E-state index in [9.17, 15) is 4.79 Å². The van der Waals surface area contributed by atoms with Crippen molar-refractivity contribution in [3.8, 4) is 0 Å². The summed E-state index contributed by atoms with van der Waals surface area (Å²) >= 11 is 0. The predicted octanol–water partition coefficient (Wildman–Crippen LogP) is 2.71. The smallest absolute Gasteiger partial charge is 0.254 e. The zero-order valence-electron chi connectivity index (χ0n) is 14.7. The molecule has 2 aliphatic rings. The number of nitrogens with zero attached hydrogens (tertiary/aromatic N) is 4. The summed E-state index contributed by atoms with van der Waals surface area (Å²) in [6, 6.07) is 3.70. The summed E-state index contributed by atoms with van der Waals surface area (Å²) in [7, 11) is 0. The zero-order chi connectivity index (χ0) is 17.3. The van der Waals surface area contributed by atoms with Crippen LogP contribution in [0.25, 0.3) is 0 Å². The Labute approximate surface area is 148 Å². The Morgan fingerprint density at radius 3 is 2.72 bits per heavy atom. The molecule has 2 aromatic heterocycles. The van der Waals surface area contributed by atoms with Crippen molar-refractivity contribution in [3.05, 3.63) is 42.1 Å². The van der Waals surface area contributed by atoms with Gasteiger partial charge in [0.25, 0.3) is 5.91 Å². The number of aryl methyl sites for hydroxylation is 1. The number of aromatic nitrogens is 3. The van der Waals surface area contributed by atoms with Gasteiger partial charge in [0.2, 0.25) is 0 Å². The van der Waals surface area contributed by atoms with Crippen molar-refractivity contribution in [3.63, 3.8) is 0 Å². The van der Waals surface area contributed by atoms with Crippen LogP contribution in [-0.2, 0) is 6.54 Å². The molecule has 0 radical (unpaired) electrons. The first-order valence-electron chi connectivity index (χ1n) is 9.12. The third-order valence-corrected chi connectivity index (χ3v) is 5.43. The average molecular weight is 339 g/mol. The van der Waals surface area contributed by atoms with Gasteiger partial charge < -0.3 is 14.8 Å². The van der Waals surface area contributed by atoms with Gasteiger partial charge in [-0.05, 0) is 44.7 Å². The van der Waals surface area contributed by atoms with Crippen LogP contribution in [0.15, 0.2) is 30.7 Å². The first-order chi connectivity index (χ1) is 12.2. The summed E-state index contributed by atoms with van der Waals surface area (Å²) in [5.74, 6) is 1.97. The number of nitrogens with one attached hydrogen (secondary N) is 1. The molecule has 1 N–H and O–H groups in total. The molecule has 1 saturated carbocycles. The van der Waals surface area contributed by atoms with Crippen LogP contribution in [0.1, 0.15) is 41.9 Å². The van der Waals surface area contributed by atoms with Crippen LogP contribution in [0.4, 0.5) is 5.82 Å². The van der Waals surface area contributed by atoms with E-state index in [-0.39, 0.29) is 11.3 Å². The Bertz CT molecular complexity index is 759. The molecule has 0 atom stereocenters. The molecule has 1 aliphatic carbocycles. The zero-order valence-corrected chi connectivity index (χ0v) is 14.7. The lowest BCUT2D eigenvalue weighted by atomic mass is 10.1. The fourth-order valence-electron chi connectivity index (χ4n) is 3.54. The van der Waals surface area contributed by atoms with E-state index in [1.807, 2.05) is 36.4 Å². The summed E-state index contributed by atoms with van der Waals surface area (Å²) in [5, 5.41) is 3.45. The number of rotatable bonds is 6. The molecule has 4 rings (SSSR count). The molecule has 3 heterocycles. The summed E-state index contributed by atoms with van der Waals surface area (Å²) < 4.78 is 2.22. The van der Waals surface area contributed by atoms with E-state index >= 15 is 0 Å². The molecule has 0 unspecified atom stereocenters. The van der Waals surface area contributed by atoms with Gasteiger partial charge in [0.1, 0.15) is 11.6 Å². The number of hydrogen-bond acceptors (Lipinski definition) is 4. The summed E-state index contributed by atoms with van der Waals surface area (Å²) in [6.45, 7) is 5.64. The van der Waals surface area contributed by atoms with Crippen molar-refractivity contribution >= 4 is 11.7 Å². The standard InChI is InChI=1S/C19H25N5O/c1-15-20-8-11-24(15)14-19(5-6-19)13-22-17-12-16(4-7-21-17)18(25)23-9-2-3-10-23/h4,7-8,11-12H,2-3,5-6,9-10,13-14H2,1H3,(H,21,22). The third kappa shape index (κ3) is 3.52. The minimum Gasteiger partial charge on any atom is -0.369 e. The van der Waals surface area contributed by atoms with Gasteiger partial charge in [0.15, 0.2) is 0 Å². The Kier molecular flexibility index (Phi) is 4.19. The molecule has 25 heavy (non-hydrogen) atoms. The summed E-state index contributed by atoms with van der Waals surface area (Å²) in [6.07, 6.45) is 10.3. The molecule has 2 fully saturated rings. The minimum atomic E-state index is 0.123. The SMILES string of the molecule is Cc1nccn1CC1(CNc2cc(C(=O)N3CCCC3)ccn2)CC1. The normalized spacial score (nSPS) is 18.4. The molecular formula is C19H25N5O. The minimum absolute atomic E-state index is 0.123. The number of amides is 1. The predicted molar refractivity (Wildman–Crippen MR) is 96.5 cm³/mol. The number of pyridine rings is 1. The van der Waals surface area contributed by atoms with Gasteiger partial charge in [-0.15, -0.1) is 0 Å². The summed E-state index contributed by atoms with van der Waals surface area (Å²) in [5.41, 5.74) is 1.01. The number of likely N-dealkylation sites (tertiary alicyclic amines) is 1. The molecule has 132 valence electrons. The van der Waals surface area contributed by atoms with Crippen LogP contribution in [0.2, 0.25) is 0 Å². The molecule has 1 aliphatic heterocycles. The molecular weight excluding hydrogens is 314 g/mol. The number of imidazole rings is 1. The second-order valence-corrected chi connectivity index (χ2v) is 7.38. The third-order valence-electron chi connectivity index (χ3n) is 5.43. The lowest BCUT2D eigenvalue weighted by Crippen LogP contribution is -2.27. The first kappa shape index (κ1) is 16.1. The van der Waals surface area contributed by atoms with Gasteiger partial charge in [-0.1, -0.05) is 0 Å². The lowest BCUT2D eigenvalue weighted by Gasteiger charge is -2.19. The van der Waals surface area contributed by atoms with E-state index < -0.39 is 0 Å². The molecule has 1 amide bonds. The van der Waals surface area contributed by atoms with Crippen molar-refractivity contribution in [2.24, 2.45) is 5.41 Å². The topological polar surface area (TPSA) is 63.1 Å². The Morgan fingerprint density at radius 1 is 1.24 bits per heavy atom. The molecule has 6 heteroatoms. The number of carbonyl (C=O) groups excluding carboxylic acids is 1. The van der Waals surface area contributed by atoms with Crippen molar-refractivity contribution in [2.75, 3.05) is 25.0 Å². The van der Waals surface area contributed by atoms with E-state index in [4.69, 9.17) is 0 Å². The molecule has 2 aromatic rings. The van der Waals surface area contributed by atoms with Gasteiger partial charge in [0.05, 0.1) is 0 Å².